The van der Waals surface area contributed by atoms with Crippen LogP contribution in [-0.2, 0) is 11.2 Å². The molecule has 31 heavy (non-hydrogen) atoms. The second kappa shape index (κ2) is 8.78. The van der Waals surface area contributed by atoms with Gasteiger partial charge in [-0.05, 0) is 61.1 Å². The number of benzene rings is 2. The molecule has 1 aliphatic rings. The number of nitrogens with one attached hydrogen (secondary N) is 1. The maximum absolute atomic E-state index is 13.2. The van der Waals surface area contributed by atoms with Crippen molar-refractivity contribution in [1.29, 1.82) is 5.26 Å². The summed E-state index contributed by atoms with van der Waals surface area (Å²) in [5.41, 5.74) is 8.52. The number of hydrogen-bond acceptors (Lipinski definition) is 4. The maximum atomic E-state index is 13.2. The van der Waals surface area contributed by atoms with Gasteiger partial charge in [0.2, 0.25) is 5.91 Å². The van der Waals surface area contributed by atoms with Crippen LogP contribution in [0.1, 0.15) is 35.6 Å². The summed E-state index contributed by atoms with van der Waals surface area (Å²) in [6.07, 6.45) is 1.90. The highest BCUT2D eigenvalue weighted by molar-refractivity contribution is 6.31. The van der Waals surface area contributed by atoms with Crippen molar-refractivity contribution in [2.45, 2.75) is 25.2 Å². The minimum absolute atomic E-state index is 0.0155. The number of halogens is 2. The quantitative estimate of drug-likeness (QED) is 0.546. The Hall–Kier alpha value is -3.37. The van der Waals surface area contributed by atoms with E-state index in [1.165, 1.54) is 16.8 Å². The highest BCUT2D eigenvalue weighted by Crippen LogP contribution is 2.49. The number of rotatable bonds is 7. The predicted molar refractivity (Wildman–Crippen MR) is 116 cm³/mol. The van der Waals surface area contributed by atoms with E-state index < -0.39 is 0 Å². The average Bonchev–Trinajstić information content (AvgIpc) is 3.50. The van der Waals surface area contributed by atoms with Gasteiger partial charge in [-0.25, -0.2) is 9.07 Å². The zero-order valence-electron chi connectivity index (χ0n) is 16.7. The van der Waals surface area contributed by atoms with Crippen LogP contribution in [0.4, 0.5) is 10.2 Å². The molecule has 1 saturated carbocycles. The first-order valence-corrected chi connectivity index (χ1v) is 10.4. The molecule has 158 valence electrons. The highest BCUT2D eigenvalue weighted by atomic mass is 35.5. The van der Waals surface area contributed by atoms with Crippen LogP contribution >= 0.6 is 11.6 Å². The first kappa shape index (κ1) is 20.9. The van der Waals surface area contributed by atoms with Crippen molar-refractivity contribution in [3.05, 3.63) is 76.2 Å². The molecule has 6 nitrogen and oxygen atoms in total. The van der Waals surface area contributed by atoms with Crippen LogP contribution in [0.25, 0.3) is 5.69 Å². The topological polar surface area (TPSA) is 96.7 Å². The smallest absolute Gasteiger partial charge is 0.223 e. The van der Waals surface area contributed by atoms with Gasteiger partial charge in [-0.2, -0.15) is 10.4 Å². The molecule has 0 aliphatic heterocycles. The van der Waals surface area contributed by atoms with Gasteiger partial charge in [0.15, 0.2) is 0 Å². The van der Waals surface area contributed by atoms with Gasteiger partial charge in [-0.15, -0.1) is 0 Å². The van der Waals surface area contributed by atoms with E-state index in [1.807, 2.05) is 24.3 Å². The molecule has 1 aliphatic carbocycles. The number of nitriles is 1. The van der Waals surface area contributed by atoms with Gasteiger partial charge in [-0.3, -0.25) is 4.79 Å². The lowest BCUT2D eigenvalue weighted by Crippen LogP contribution is -2.26. The summed E-state index contributed by atoms with van der Waals surface area (Å²) < 4.78 is 14.6. The SMILES string of the molecule is N#Cc1c(CCCNC(=O)C2CC2c2ccccc2Cl)nn(-c2ccc(F)cc2)c1N. The summed E-state index contributed by atoms with van der Waals surface area (Å²) in [5, 5.41) is 17.5. The number of carbonyl (C=O) groups is 1. The van der Waals surface area contributed by atoms with Crippen LogP contribution in [-0.4, -0.2) is 22.2 Å². The van der Waals surface area contributed by atoms with Gasteiger partial charge in [0.1, 0.15) is 23.3 Å². The molecule has 3 N–H and O–H groups in total. The standard InChI is InChI=1S/C23H21ClFN5O/c24-20-5-2-1-4-16(20)17-12-18(17)23(31)28-11-3-6-21-19(13-26)22(27)30(29-21)15-9-7-14(25)8-10-15/h1-2,4-5,7-10,17-18H,3,6,11-12,27H2,(H,28,31). The number of nitrogen functional groups attached to an aromatic ring is 1. The third-order valence-electron chi connectivity index (χ3n) is 5.50. The van der Waals surface area contributed by atoms with E-state index in [1.54, 1.807) is 12.1 Å². The lowest BCUT2D eigenvalue weighted by atomic mass is 10.1. The van der Waals surface area contributed by atoms with Gasteiger partial charge in [0.05, 0.1) is 11.4 Å². The Balaban J connectivity index is 1.33. The van der Waals surface area contributed by atoms with Crippen molar-refractivity contribution in [2.75, 3.05) is 12.3 Å². The molecule has 1 amide bonds. The van der Waals surface area contributed by atoms with E-state index in [2.05, 4.69) is 16.5 Å². The molecule has 1 heterocycles. The van der Waals surface area contributed by atoms with Crippen LogP contribution in [0.2, 0.25) is 5.02 Å². The lowest BCUT2D eigenvalue weighted by molar-refractivity contribution is -0.122. The molecule has 2 aromatic carbocycles. The monoisotopic (exact) mass is 437 g/mol. The van der Waals surface area contributed by atoms with Gasteiger partial charge < -0.3 is 11.1 Å². The summed E-state index contributed by atoms with van der Waals surface area (Å²) in [5.74, 6) is -0.0122. The minimum Gasteiger partial charge on any atom is -0.382 e. The summed E-state index contributed by atoms with van der Waals surface area (Å²) in [4.78, 5) is 12.4. The fourth-order valence-corrected chi connectivity index (χ4v) is 4.03. The molecule has 0 bridgehead atoms. The van der Waals surface area contributed by atoms with Crippen molar-refractivity contribution in [2.24, 2.45) is 5.92 Å². The largest absolute Gasteiger partial charge is 0.382 e. The molecule has 1 aromatic heterocycles. The van der Waals surface area contributed by atoms with Crippen LogP contribution < -0.4 is 11.1 Å². The van der Waals surface area contributed by atoms with E-state index >= 15 is 0 Å². The number of carbonyl (C=O) groups excluding carboxylic acids is 1. The predicted octanol–water partition coefficient (Wildman–Crippen LogP) is 3.97. The molecule has 0 radical (unpaired) electrons. The maximum Gasteiger partial charge on any atom is 0.223 e. The van der Waals surface area contributed by atoms with Crippen molar-refractivity contribution >= 4 is 23.3 Å². The molecular weight excluding hydrogens is 417 g/mol. The molecule has 2 atom stereocenters. The number of hydrogen-bond donors (Lipinski definition) is 2. The molecule has 0 spiro atoms. The Morgan fingerprint density at radius 2 is 2.03 bits per heavy atom. The van der Waals surface area contributed by atoms with Crippen molar-refractivity contribution in [1.82, 2.24) is 15.1 Å². The second-order valence-electron chi connectivity index (χ2n) is 7.57. The average molecular weight is 438 g/mol. The van der Waals surface area contributed by atoms with Gasteiger partial charge >= 0.3 is 0 Å². The number of anilines is 1. The molecule has 2 unspecified atom stereocenters. The Labute approximate surface area is 184 Å². The molecule has 1 fully saturated rings. The van der Waals surface area contributed by atoms with Crippen LogP contribution in [0, 0.1) is 23.1 Å². The lowest BCUT2D eigenvalue weighted by Gasteiger charge is -2.06. The number of nitrogens with two attached hydrogens (primary N) is 1. The normalized spacial score (nSPS) is 17.2. The van der Waals surface area contributed by atoms with Crippen LogP contribution in [0.5, 0.6) is 0 Å². The Bertz CT molecular complexity index is 1150. The second-order valence-corrected chi connectivity index (χ2v) is 7.98. The zero-order valence-corrected chi connectivity index (χ0v) is 17.4. The zero-order chi connectivity index (χ0) is 22.0. The van der Waals surface area contributed by atoms with E-state index in [0.717, 1.165) is 12.0 Å². The summed E-state index contributed by atoms with van der Waals surface area (Å²) in [7, 11) is 0. The van der Waals surface area contributed by atoms with E-state index in [9.17, 15) is 14.4 Å². The Kier molecular flexibility index (Phi) is 5.92. The molecule has 8 heteroatoms. The first-order valence-electron chi connectivity index (χ1n) is 10.0. The number of aromatic nitrogens is 2. The van der Waals surface area contributed by atoms with Crippen LogP contribution in [0.3, 0.4) is 0 Å². The fourth-order valence-electron chi connectivity index (χ4n) is 3.76. The minimum atomic E-state index is -0.363. The molecular formula is C23H21ClFN5O. The summed E-state index contributed by atoms with van der Waals surface area (Å²) in [6, 6.07) is 15.4. The van der Waals surface area contributed by atoms with E-state index in [0.29, 0.717) is 41.4 Å². The van der Waals surface area contributed by atoms with Gasteiger partial charge in [-0.1, -0.05) is 29.8 Å². The summed E-state index contributed by atoms with van der Waals surface area (Å²) in [6.45, 7) is 0.471. The molecule has 3 aromatic rings. The fraction of sp³-hybridized carbons (Fsp3) is 0.261. The van der Waals surface area contributed by atoms with E-state index in [-0.39, 0.29) is 29.4 Å². The van der Waals surface area contributed by atoms with Crippen molar-refractivity contribution < 1.29 is 9.18 Å². The van der Waals surface area contributed by atoms with Crippen molar-refractivity contribution in [3.63, 3.8) is 0 Å². The van der Waals surface area contributed by atoms with Gasteiger partial charge in [0.25, 0.3) is 0 Å². The van der Waals surface area contributed by atoms with E-state index in [4.69, 9.17) is 17.3 Å². The molecule has 4 rings (SSSR count). The summed E-state index contributed by atoms with van der Waals surface area (Å²) >= 11 is 6.22. The Morgan fingerprint density at radius 1 is 1.29 bits per heavy atom. The molecule has 0 saturated heterocycles. The first-order chi connectivity index (χ1) is 15.0. The van der Waals surface area contributed by atoms with Crippen molar-refractivity contribution in [3.8, 4) is 11.8 Å². The number of aryl methyl sites for hydroxylation is 1. The van der Waals surface area contributed by atoms with Crippen LogP contribution in [0.15, 0.2) is 48.5 Å². The third kappa shape index (κ3) is 4.39. The van der Waals surface area contributed by atoms with Gasteiger partial charge in [0, 0.05) is 17.5 Å². The number of amides is 1. The third-order valence-corrected chi connectivity index (χ3v) is 5.84. The number of nitrogens with zero attached hydrogens (tertiary/aromatic N) is 3. The highest BCUT2D eigenvalue weighted by Gasteiger charge is 2.44. The Morgan fingerprint density at radius 3 is 2.74 bits per heavy atom.